The van der Waals surface area contributed by atoms with Crippen molar-refractivity contribution < 1.29 is 28.6 Å². The molecule has 6 nitrogen and oxygen atoms in total. The van der Waals surface area contributed by atoms with Crippen molar-refractivity contribution in [3.05, 3.63) is 0 Å². The van der Waals surface area contributed by atoms with Crippen LogP contribution in [0.15, 0.2) is 0 Å². The Bertz CT molecular complexity index is 949. The molecule has 0 bridgehead atoms. The lowest BCUT2D eigenvalue weighted by atomic mass is 9.99. The predicted molar refractivity (Wildman–Crippen MR) is 261 cm³/mol. The summed E-state index contributed by atoms with van der Waals surface area (Å²) < 4.78 is 16.8. The molecule has 362 valence electrons. The largest absolute Gasteiger partial charge is 0.462 e. The molecule has 3 atom stereocenters. The molecule has 0 saturated heterocycles. The lowest BCUT2D eigenvalue weighted by Crippen LogP contribution is -2.30. The number of hydrogen-bond donors (Lipinski definition) is 0. The Morgan fingerprint density at radius 2 is 0.574 bits per heavy atom. The number of ether oxygens (including phenoxy) is 3. The number of unbranched alkanes of at least 4 members (excludes halogenated alkanes) is 29. The molecule has 0 fully saturated rings. The number of carbonyl (C=O) groups is 3. The Hall–Kier alpha value is -1.59. The molecule has 6 heteroatoms. The number of carbonyl (C=O) groups excluding carboxylic acids is 3. The van der Waals surface area contributed by atoms with Gasteiger partial charge in [-0.1, -0.05) is 260 Å². The van der Waals surface area contributed by atoms with Gasteiger partial charge < -0.3 is 14.2 Å². The van der Waals surface area contributed by atoms with Gasteiger partial charge in [0, 0.05) is 19.3 Å². The molecule has 2 unspecified atom stereocenters. The topological polar surface area (TPSA) is 78.9 Å². The Labute approximate surface area is 380 Å². The molecule has 0 aromatic heterocycles. The standard InChI is InChI=1S/C55H106O6/c1-7-50(5)42-36-30-24-18-15-16-20-27-33-39-45-54(57)60-48-52(61-55(58)46-40-34-28-22-21-25-31-37-43-51(6)8-2)47-59-53(56)44-38-32-26-19-14-12-10-9-11-13-17-23-29-35-41-49(3)4/h49-52H,7-48H2,1-6H3/t50?,51?,52-/m0/s1. The fraction of sp³-hybridized carbons (Fsp3) is 0.945. The molecule has 0 aliphatic carbocycles. The van der Waals surface area contributed by atoms with Gasteiger partial charge in [-0.15, -0.1) is 0 Å². The van der Waals surface area contributed by atoms with Gasteiger partial charge in [-0.25, -0.2) is 0 Å². The first-order valence-electron chi connectivity index (χ1n) is 27.2. The summed E-state index contributed by atoms with van der Waals surface area (Å²) in [6, 6.07) is 0. The van der Waals surface area contributed by atoms with E-state index in [2.05, 4.69) is 41.5 Å². The molecule has 0 heterocycles. The summed E-state index contributed by atoms with van der Waals surface area (Å²) in [7, 11) is 0. The van der Waals surface area contributed by atoms with Crippen molar-refractivity contribution in [1.29, 1.82) is 0 Å². The van der Waals surface area contributed by atoms with E-state index >= 15 is 0 Å². The molecule has 0 N–H and O–H groups in total. The lowest BCUT2D eigenvalue weighted by molar-refractivity contribution is -0.167. The van der Waals surface area contributed by atoms with Crippen LogP contribution in [0, 0.1) is 17.8 Å². The van der Waals surface area contributed by atoms with Crippen molar-refractivity contribution in [1.82, 2.24) is 0 Å². The van der Waals surface area contributed by atoms with E-state index in [1.165, 1.54) is 180 Å². The van der Waals surface area contributed by atoms with Crippen molar-refractivity contribution in [3.63, 3.8) is 0 Å². The molecule has 0 aromatic carbocycles. The van der Waals surface area contributed by atoms with Crippen LogP contribution in [0.2, 0.25) is 0 Å². The van der Waals surface area contributed by atoms with Gasteiger partial charge in [-0.05, 0) is 37.0 Å². The third-order valence-corrected chi connectivity index (χ3v) is 13.1. The fourth-order valence-corrected chi connectivity index (χ4v) is 8.23. The summed E-state index contributed by atoms with van der Waals surface area (Å²) >= 11 is 0. The normalized spacial score (nSPS) is 13.0. The minimum atomic E-state index is -0.763. The molecule has 0 aliphatic heterocycles. The van der Waals surface area contributed by atoms with Crippen LogP contribution in [0.25, 0.3) is 0 Å². The number of hydrogen-bond acceptors (Lipinski definition) is 6. The quantitative estimate of drug-likeness (QED) is 0.0344. The SMILES string of the molecule is CCC(C)CCCCCCCCCCCCC(=O)OC[C@H](COC(=O)CCCCCCCCCCCCCCCCC(C)C)OC(=O)CCCCCCCCCCC(C)CC. The predicted octanol–water partition coefficient (Wildman–Crippen LogP) is 17.6. The Kier molecular flexibility index (Phi) is 45.2. The molecule has 0 spiro atoms. The number of esters is 3. The second-order valence-corrected chi connectivity index (χ2v) is 19.8. The highest BCUT2D eigenvalue weighted by atomic mass is 16.6. The van der Waals surface area contributed by atoms with Crippen LogP contribution in [0.1, 0.15) is 298 Å². The zero-order valence-corrected chi connectivity index (χ0v) is 42.0. The van der Waals surface area contributed by atoms with Gasteiger partial charge in [0.25, 0.3) is 0 Å². The van der Waals surface area contributed by atoms with Crippen molar-refractivity contribution in [2.45, 2.75) is 304 Å². The maximum absolute atomic E-state index is 12.8. The van der Waals surface area contributed by atoms with Crippen molar-refractivity contribution in [3.8, 4) is 0 Å². The van der Waals surface area contributed by atoms with Gasteiger partial charge in [0.05, 0.1) is 0 Å². The summed E-state index contributed by atoms with van der Waals surface area (Å²) in [6.07, 6.45) is 46.5. The molecule has 0 radical (unpaired) electrons. The van der Waals surface area contributed by atoms with Crippen LogP contribution in [0.4, 0.5) is 0 Å². The van der Waals surface area contributed by atoms with Crippen LogP contribution in [-0.4, -0.2) is 37.2 Å². The van der Waals surface area contributed by atoms with E-state index in [0.717, 1.165) is 75.5 Å². The Morgan fingerprint density at radius 1 is 0.328 bits per heavy atom. The highest BCUT2D eigenvalue weighted by molar-refractivity contribution is 5.71. The van der Waals surface area contributed by atoms with E-state index in [9.17, 15) is 14.4 Å². The van der Waals surface area contributed by atoms with Gasteiger partial charge in [0.1, 0.15) is 13.2 Å². The highest BCUT2D eigenvalue weighted by Crippen LogP contribution is 2.19. The molecular weight excluding hydrogens is 757 g/mol. The molecule has 0 saturated carbocycles. The second-order valence-electron chi connectivity index (χ2n) is 19.8. The van der Waals surface area contributed by atoms with Crippen LogP contribution >= 0.6 is 0 Å². The smallest absolute Gasteiger partial charge is 0.306 e. The maximum atomic E-state index is 12.8. The minimum absolute atomic E-state index is 0.0646. The van der Waals surface area contributed by atoms with Gasteiger partial charge in [0.15, 0.2) is 6.10 Å². The van der Waals surface area contributed by atoms with E-state index in [-0.39, 0.29) is 31.1 Å². The van der Waals surface area contributed by atoms with Crippen LogP contribution in [0.5, 0.6) is 0 Å². The molecule has 61 heavy (non-hydrogen) atoms. The van der Waals surface area contributed by atoms with Crippen molar-refractivity contribution in [2.24, 2.45) is 17.8 Å². The Morgan fingerprint density at radius 3 is 0.852 bits per heavy atom. The fourth-order valence-electron chi connectivity index (χ4n) is 8.23. The number of rotatable bonds is 48. The second kappa shape index (κ2) is 46.4. The third-order valence-electron chi connectivity index (χ3n) is 13.1. The van der Waals surface area contributed by atoms with Gasteiger partial charge in [-0.2, -0.15) is 0 Å². The first-order chi connectivity index (χ1) is 29.7. The molecule has 0 aliphatic rings. The summed E-state index contributed by atoms with van der Waals surface area (Å²) in [4.78, 5) is 38.0. The van der Waals surface area contributed by atoms with Crippen molar-refractivity contribution >= 4 is 17.9 Å². The average molecular weight is 863 g/mol. The molecule has 0 amide bonds. The summed E-state index contributed by atoms with van der Waals surface area (Å²) in [5, 5.41) is 0. The molecular formula is C55H106O6. The lowest BCUT2D eigenvalue weighted by Gasteiger charge is -2.18. The van der Waals surface area contributed by atoms with E-state index in [0.29, 0.717) is 19.3 Å². The first-order valence-corrected chi connectivity index (χ1v) is 27.2. The molecule has 0 aromatic rings. The summed E-state index contributed by atoms with van der Waals surface area (Å²) in [6.45, 7) is 13.8. The van der Waals surface area contributed by atoms with Crippen LogP contribution < -0.4 is 0 Å². The van der Waals surface area contributed by atoms with Crippen LogP contribution in [-0.2, 0) is 28.6 Å². The first kappa shape index (κ1) is 59.4. The monoisotopic (exact) mass is 863 g/mol. The summed E-state index contributed by atoms with van der Waals surface area (Å²) in [5.74, 6) is 1.71. The Balaban J connectivity index is 4.31. The van der Waals surface area contributed by atoms with E-state index in [1.54, 1.807) is 0 Å². The van der Waals surface area contributed by atoms with Gasteiger partial charge in [0.2, 0.25) is 0 Å². The zero-order chi connectivity index (χ0) is 44.9. The van der Waals surface area contributed by atoms with E-state index in [4.69, 9.17) is 14.2 Å². The van der Waals surface area contributed by atoms with Gasteiger partial charge >= 0.3 is 17.9 Å². The van der Waals surface area contributed by atoms with E-state index in [1.807, 2.05) is 0 Å². The highest BCUT2D eigenvalue weighted by Gasteiger charge is 2.19. The zero-order valence-electron chi connectivity index (χ0n) is 42.0. The maximum Gasteiger partial charge on any atom is 0.306 e. The third kappa shape index (κ3) is 46.2. The van der Waals surface area contributed by atoms with Crippen molar-refractivity contribution in [2.75, 3.05) is 13.2 Å². The van der Waals surface area contributed by atoms with Crippen LogP contribution in [0.3, 0.4) is 0 Å². The average Bonchev–Trinajstić information content (AvgIpc) is 3.24. The molecule has 0 rings (SSSR count). The minimum Gasteiger partial charge on any atom is -0.462 e. The van der Waals surface area contributed by atoms with Gasteiger partial charge in [-0.3, -0.25) is 14.4 Å². The summed E-state index contributed by atoms with van der Waals surface area (Å²) in [5.41, 5.74) is 0. The van der Waals surface area contributed by atoms with E-state index < -0.39 is 6.10 Å².